The number of benzene rings is 2. The van der Waals surface area contributed by atoms with Gasteiger partial charge in [0.25, 0.3) is 0 Å². The highest BCUT2D eigenvalue weighted by Crippen LogP contribution is 2.20. The summed E-state index contributed by atoms with van der Waals surface area (Å²) < 4.78 is 11.3. The fourth-order valence-corrected chi connectivity index (χ4v) is 3.37. The maximum atomic E-state index is 12.2. The van der Waals surface area contributed by atoms with E-state index in [1.165, 1.54) is 0 Å². The van der Waals surface area contributed by atoms with Crippen molar-refractivity contribution in [3.8, 4) is 0 Å². The summed E-state index contributed by atoms with van der Waals surface area (Å²) in [6.45, 7) is 7.49. The number of rotatable bonds is 11. The molecule has 0 aromatic heterocycles. The number of primary amides is 1. The Balaban J connectivity index is 2.02. The average molecular weight is 459 g/mol. The van der Waals surface area contributed by atoms with Crippen molar-refractivity contribution in [3.05, 3.63) is 47.5 Å². The predicted octanol–water partition coefficient (Wildman–Crippen LogP) is 3.92. The highest BCUT2D eigenvalue weighted by molar-refractivity contribution is 5.84. The molecular weight excluding hydrogens is 424 g/mol. The molecule has 0 heterocycles. The zero-order valence-electron chi connectivity index (χ0n) is 19.7. The van der Waals surface area contributed by atoms with Gasteiger partial charge in [0, 0.05) is 12.8 Å². The number of fused-ring (bicyclic) bond motifs is 1. The van der Waals surface area contributed by atoms with E-state index in [0.29, 0.717) is 19.4 Å². The maximum absolute atomic E-state index is 12.2. The van der Waals surface area contributed by atoms with Crippen LogP contribution in [0, 0.1) is 0 Å². The zero-order valence-corrected chi connectivity index (χ0v) is 19.7. The first-order valence-corrected chi connectivity index (χ1v) is 11.1. The Kier molecular flexibility index (Phi) is 9.22. The van der Waals surface area contributed by atoms with E-state index in [1.807, 2.05) is 43.3 Å². The summed E-state index contributed by atoms with van der Waals surface area (Å²) in [6.07, 6.45) is 0.0953. The molecule has 0 aliphatic heterocycles. The van der Waals surface area contributed by atoms with Crippen LogP contribution in [0.5, 0.6) is 0 Å². The van der Waals surface area contributed by atoms with Gasteiger partial charge in [0.15, 0.2) is 0 Å². The molecule has 0 aliphatic rings. The number of hydrogen-bond acceptors (Lipinski definition) is 5. The molecule has 0 spiro atoms. The van der Waals surface area contributed by atoms with Crippen LogP contribution in [-0.4, -0.2) is 40.8 Å². The lowest BCUT2D eigenvalue weighted by Crippen LogP contribution is -2.45. The number of carboxylic acid groups (broad SMARTS) is 1. The van der Waals surface area contributed by atoms with Gasteiger partial charge in [-0.1, -0.05) is 30.3 Å². The number of carbonyl (C=O) groups excluding carboxylic acids is 2. The third-order valence-corrected chi connectivity index (χ3v) is 5.08. The van der Waals surface area contributed by atoms with Gasteiger partial charge in [-0.15, -0.1) is 0 Å². The second kappa shape index (κ2) is 11.7. The molecule has 0 unspecified atom stereocenters. The summed E-state index contributed by atoms with van der Waals surface area (Å²) in [4.78, 5) is 34.2. The van der Waals surface area contributed by atoms with Crippen molar-refractivity contribution in [2.75, 3.05) is 0 Å². The van der Waals surface area contributed by atoms with Gasteiger partial charge >= 0.3 is 12.1 Å². The summed E-state index contributed by atoms with van der Waals surface area (Å²) >= 11 is 0. The Bertz CT molecular complexity index is 983. The molecule has 180 valence electrons. The number of ether oxygens (including phenoxy) is 2. The van der Waals surface area contributed by atoms with Crippen molar-refractivity contribution in [3.63, 3.8) is 0 Å². The van der Waals surface area contributed by atoms with Gasteiger partial charge in [0.2, 0.25) is 5.91 Å². The number of aryl methyl sites for hydroxylation is 1. The number of nitrogens with one attached hydrogen (secondary N) is 1. The standard InChI is InChI=1S/C25H34N2O6/c1-16(21(10-11-22(26)28)27-24(31)33-25(2,3)4)32-15-18-6-9-19-13-17(7-12-23(29)30)5-8-20(19)14-18/h5-6,8-9,13-14,16,21H,7,10-12,15H2,1-4H3,(H2,26,28)(H,27,31)(H,29,30)/t16-,21+/m1/s1. The summed E-state index contributed by atoms with van der Waals surface area (Å²) in [5, 5.41) is 13.7. The van der Waals surface area contributed by atoms with Gasteiger partial charge in [-0.05, 0) is 68.5 Å². The molecule has 2 amide bonds. The number of aliphatic carboxylic acids is 1. The maximum Gasteiger partial charge on any atom is 0.407 e. The number of nitrogens with two attached hydrogens (primary N) is 1. The van der Waals surface area contributed by atoms with E-state index < -0.39 is 29.6 Å². The average Bonchev–Trinajstić information content (AvgIpc) is 2.71. The SMILES string of the molecule is C[C@@H](OCc1ccc2cc(CCC(=O)O)ccc2c1)[C@H](CCC(N)=O)NC(=O)OC(C)(C)C. The highest BCUT2D eigenvalue weighted by atomic mass is 16.6. The molecule has 2 rings (SSSR count). The predicted molar refractivity (Wildman–Crippen MR) is 126 cm³/mol. The molecule has 33 heavy (non-hydrogen) atoms. The molecule has 0 saturated heterocycles. The van der Waals surface area contributed by atoms with E-state index in [0.717, 1.165) is 21.9 Å². The molecule has 0 bridgehead atoms. The topological polar surface area (TPSA) is 128 Å². The number of hydrogen-bond donors (Lipinski definition) is 3. The van der Waals surface area contributed by atoms with Crippen molar-refractivity contribution < 1.29 is 29.0 Å². The second-order valence-corrected chi connectivity index (χ2v) is 9.18. The van der Waals surface area contributed by atoms with Crippen LogP contribution in [0.25, 0.3) is 10.8 Å². The summed E-state index contributed by atoms with van der Waals surface area (Å²) in [5.74, 6) is -1.26. The van der Waals surface area contributed by atoms with Gasteiger partial charge in [-0.3, -0.25) is 9.59 Å². The Labute approximate surface area is 194 Å². The van der Waals surface area contributed by atoms with E-state index in [1.54, 1.807) is 20.8 Å². The third-order valence-electron chi connectivity index (χ3n) is 5.08. The van der Waals surface area contributed by atoms with Crippen LogP contribution < -0.4 is 11.1 Å². The van der Waals surface area contributed by atoms with Gasteiger partial charge in [0.1, 0.15) is 5.60 Å². The monoisotopic (exact) mass is 458 g/mol. The van der Waals surface area contributed by atoms with Crippen LogP contribution in [0.3, 0.4) is 0 Å². The molecule has 4 N–H and O–H groups in total. The van der Waals surface area contributed by atoms with Crippen molar-refractivity contribution in [2.24, 2.45) is 5.73 Å². The number of amides is 2. The lowest BCUT2D eigenvalue weighted by Gasteiger charge is -2.27. The van der Waals surface area contributed by atoms with E-state index in [2.05, 4.69) is 5.32 Å². The second-order valence-electron chi connectivity index (χ2n) is 9.18. The fraction of sp³-hybridized carbons (Fsp3) is 0.480. The molecule has 2 atom stereocenters. The first-order chi connectivity index (χ1) is 15.4. The molecule has 8 nitrogen and oxygen atoms in total. The van der Waals surface area contributed by atoms with Crippen LogP contribution in [0.15, 0.2) is 36.4 Å². The fourth-order valence-electron chi connectivity index (χ4n) is 3.37. The van der Waals surface area contributed by atoms with Crippen LogP contribution in [0.2, 0.25) is 0 Å². The van der Waals surface area contributed by atoms with Gasteiger partial charge in [0.05, 0.1) is 18.8 Å². The van der Waals surface area contributed by atoms with Gasteiger partial charge < -0.3 is 25.6 Å². The largest absolute Gasteiger partial charge is 0.481 e. The Hall–Kier alpha value is -3.13. The van der Waals surface area contributed by atoms with Crippen LogP contribution in [-0.2, 0) is 32.1 Å². The minimum absolute atomic E-state index is 0.101. The summed E-state index contributed by atoms with van der Waals surface area (Å²) in [5.41, 5.74) is 6.58. The van der Waals surface area contributed by atoms with Crippen molar-refractivity contribution >= 4 is 28.7 Å². The Morgan fingerprint density at radius 2 is 1.64 bits per heavy atom. The molecule has 2 aromatic carbocycles. The van der Waals surface area contributed by atoms with Gasteiger partial charge in [-0.2, -0.15) is 0 Å². The minimum Gasteiger partial charge on any atom is -0.481 e. The Morgan fingerprint density at radius 3 is 2.21 bits per heavy atom. The van der Waals surface area contributed by atoms with E-state index in [-0.39, 0.29) is 18.9 Å². The van der Waals surface area contributed by atoms with Crippen LogP contribution in [0.4, 0.5) is 4.79 Å². The zero-order chi connectivity index (χ0) is 24.6. The molecule has 0 saturated carbocycles. The van der Waals surface area contributed by atoms with E-state index in [9.17, 15) is 14.4 Å². The number of carbonyl (C=O) groups is 3. The van der Waals surface area contributed by atoms with Crippen molar-refractivity contribution in [1.29, 1.82) is 0 Å². The highest BCUT2D eigenvalue weighted by Gasteiger charge is 2.24. The summed E-state index contributed by atoms with van der Waals surface area (Å²) in [6, 6.07) is 11.4. The minimum atomic E-state index is -0.813. The lowest BCUT2D eigenvalue weighted by molar-refractivity contribution is -0.137. The molecular formula is C25H34N2O6. The molecule has 0 fully saturated rings. The molecule has 0 aliphatic carbocycles. The van der Waals surface area contributed by atoms with Crippen LogP contribution in [0.1, 0.15) is 58.1 Å². The lowest BCUT2D eigenvalue weighted by atomic mass is 10.0. The Morgan fingerprint density at radius 1 is 1.03 bits per heavy atom. The first kappa shape index (κ1) is 26.1. The molecule has 0 radical (unpaired) electrons. The van der Waals surface area contributed by atoms with E-state index in [4.69, 9.17) is 20.3 Å². The number of alkyl carbamates (subject to hydrolysis) is 1. The summed E-state index contributed by atoms with van der Waals surface area (Å²) in [7, 11) is 0. The smallest absolute Gasteiger partial charge is 0.407 e. The number of carboxylic acids is 1. The van der Waals surface area contributed by atoms with E-state index >= 15 is 0 Å². The van der Waals surface area contributed by atoms with Crippen LogP contribution >= 0.6 is 0 Å². The van der Waals surface area contributed by atoms with Crippen molar-refractivity contribution in [1.82, 2.24) is 5.32 Å². The normalized spacial score (nSPS) is 13.3. The third kappa shape index (κ3) is 9.49. The molecule has 8 heteroatoms. The van der Waals surface area contributed by atoms with Gasteiger partial charge in [-0.25, -0.2) is 4.79 Å². The van der Waals surface area contributed by atoms with Crippen molar-refractivity contribution in [2.45, 2.75) is 77.7 Å². The quantitative estimate of drug-likeness (QED) is 0.468. The molecule has 2 aromatic rings. The first-order valence-electron chi connectivity index (χ1n) is 11.1.